The minimum atomic E-state index is -0.445. The molecule has 1 N–H and O–H groups in total. The number of aryl methyl sites for hydroxylation is 1. The van der Waals surface area contributed by atoms with E-state index in [1.54, 1.807) is 6.92 Å². The van der Waals surface area contributed by atoms with Crippen LogP contribution in [-0.4, -0.2) is 17.3 Å². The maximum absolute atomic E-state index is 9.25. The Hall–Kier alpha value is -1.02. The van der Waals surface area contributed by atoms with Gasteiger partial charge in [0.2, 0.25) is 0 Å². The van der Waals surface area contributed by atoms with Gasteiger partial charge < -0.3 is 9.84 Å². The van der Waals surface area contributed by atoms with Crippen molar-refractivity contribution in [2.24, 2.45) is 0 Å². The number of benzene rings is 1. The Bertz CT molecular complexity index is 269. The number of para-hydroxylation sites is 1. The van der Waals surface area contributed by atoms with Gasteiger partial charge in [-0.3, -0.25) is 0 Å². The van der Waals surface area contributed by atoms with Crippen LogP contribution < -0.4 is 4.74 Å². The summed E-state index contributed by atoms with van der Waals surface area (Å²) in [6, 6.07) is 7.80. The van der Waals surface area contributed by atoms with Gasteiger partial charge in [-0.2, -0.15) is 0 Å². The molecule has 0 aliphatic carbocycles. The third-order valence-corrected chi connectivity index (χ3v) is 2.09. The van der Waals surface area contributed by atoms with Gasteiger partial charge in [-0.15, -0.1) is 0 Å². The van der Waals surface area contributed by atoms with Crippen LogP contribution in [0.3, 0.4) is 0 Å². The lowest BCUT2D eigenvalue weighted by molar-refractivity contribution is 0.0600. The van der Waals surface area contributed by atoms with E-state index >= 15 is 0 Å². The SMILES string of the molecule is Cc1ccccc1OC(C)C(C)O. The summed E-state index contributed by atoms with van der Waals surface area (Å²) in [5.74, 6) is 0.843. The molecule has 0 saturated heterocycles. The van der Waals surface area contributed by atoms with Crippen LogP contribution in [0.25, 0.3) is 0 Å². The predicted molar refractivity (Wildman–Crippen MR) is 52.9 cm³/mol. The highest BCUT2D eigenvalue weighted by atomic mass is 16.5. The first-order chi connectivity index (χ1) is 6.11. The zero-order chi connectivity index (χ0) is 9.84. The molecule has 1 rings (SSSR count). The smallest absolute Gasteiger partial charge is 0.122 e. The van der Waals surface area contributed by atoms with Crippen LogP contribution in [0.2, 0.25) is 0 Å². The van der Waals surface area contributed by atoms with Crippen LogP contribution in [-0.2, 0) is 0 Å². The van der Waals surface area contributed by atoms with Crippen molar-refractivity contribution in [2.45, 2.75) is 33.0 Å². The van der Waals surface area contributed by atoms with E-state index in [0.717, 1.165) is 11.3 Å². The van der Waals surface area contributed by atoms with Crippen molar-refractivity contribution in [3.8, 4) is 5.75 Å². The van der Waals surface area contributed by atoms with Crippen LogP contribution in [0.1, 0.15) is 19.4 Å². The van der Waals surface area contributed by atoms with Gasteiger partial charge in [0, 0.05) is 0 Å². The second kappa shape index (κ2) is 4.28. The lowest BCUT2D eigenvalue weighted by Gasteiger charge is -2.18. The number of aliphatic hydroxyl groups is 1. The van der Waals surface area contributed by atoms with Crippen LogP contribution in [0, 0.1) is 6.92 Å². The first kappa shape index (κ1) is 10.1. The van der Waals surface area contributed by atoms with Crippen LogP contribution >= 0.6 is 0 Å². The van der Waals surface area contributed by atoms with Crippen LogP contribution in [0.15, 0.2) is 24.3 Å². The molecular weight excluding hydrogens is 164 g/mol. The number of aliphatic hydroxyl groups excluding tert-OH is 1. The van der Waals surface area contributed by atoms with Gasteiger partial charge in [0.15, 0.2) is 0 Å². The normalized spacial score (nSPS) is 15.1. The van der Waals surface area contributed by atoms with Crippen LogP contribution in [0.5, 0.6) is 5.75 Å². The first-order valence-electron chi connectivity index (χ1n) is 4.51. The maximum atomic E-state index is 9.25. The lowest BCUT2D eigenvalue weighted by Crippen LogP contribution is -2.25. The predicted octanol–water partition coefficient (Wildman–Crippen LogP) is 2.14. The van der Waals surface area contributed by atoms with Crippen molar-refractivity contribution in [3.05, 3.63) is 29.8 Å². The molecule has 0 heterocycles. The molecular formula is C11H16O2. The minimum absolute atomic E-state index is 0.166. The average Bonchev–Trinajstić information content (AvgIpc) is 2.08. The summed E-state index contributed by atoms with van der Waals surface area (Å²) in [5.41, 5.74) is 1.09. The van der Waals surface area contributed by atoms with E-state index in [-0.39, 0.29) is 6.10 Å². The molecule has 13 heavy (non-hydrogen) atoms. The molecule has 2 heteroatoms. The third-order valence-electron chi connectivity index (χ3n) is 2.09. The molecule has 72 valence electrons. The van der Waals surface area contributed by atoms with Gasteiger partial charge in [-0.1, -0.05) is 18.2 Å². The summed E-state index contributed by atoms with van der Waals surface area (Å²) in [4.78, 5) is 0. The Morgan fingerprint density at radius 2 is 1.85 bits per heavy atom. The molecule has 0 aliphatic rings. The summed E-state index contributed by atoms with van der Waals surface area (Å²) in [6.45, 7) is 5.57. The zero-order valence-electron chi connectivity index (χ0n) is 8.32. The van der Waals surface area contributed by atoms with E-state index in [2.05, 4.69) is 0 Å². The zero-order valence-corrected chi connectivity index (χ0v) is 8.32. The molecule has 2 atom stereocenters. The van der Waals surface area contributed by atoms with Gasteiger partial charge in [-0.25, -0.2) is 0 Å². The molecule has 2 nitrogen and oxygen atoms in total. The standard InChI is InChI=1S/C11H16O2/c1-8-6-4-5-7-11(8)13-10(3)9(2)12/h4-7,9-10,12H,1-3H3. The largest absolute Gasteiger partial charge is 0.488 e. The fourth-order valence-corrected chi connectivity index (χ4v) is 0.987. The van der Waals surface area contributed by atoms with Crippen molar-refractivity contribution < 1.29 is 9.84 Å². The Balaban J connectivity index is 2.69. The van der Waals surface area contributed by atoms with E-state index in [1.165, 1.54) is 0 Å². The summed E-state index contributed by atoms with van der Waals surface area (Å²) in [7, 11) is 0. The average molecular weight is 180 g/mol. The summed E-state index contributed by atoms with van der Waals surface area (Å²) >= 11 is 0. The van der Waals surface area contributed by atoms with E-state index in [1.807, 2.05) is 38.1 Å². The van der Waals surface area contributed by atoms with Gasteiger partial charge in [-0.05, 0) is 32.4 Å². The molecule has 0 aliphatic heterocycles. The van der Waals surface area contributed by atoms with Gasteiger partial charge in [0.25, 0.3) is 0 Å². The quantitative estimate of drug-likeness (QED) is 0.772. The Morgan fingerprint density at radius 3 is 2.38 bits per heavy atom. The highest BCUT2D eigenvalue weighted by Crippen LogP contribution is 2.18. The van der Waals surface area contributed by atoms with Crippen molar-refractivity contribution in [1.29, 1.82) is 0 Å². The third kappa shape index (κ3) is 2.74. The first-order valence-corrected chi connectivity index (χ1v) is 4.51. The Morgan fingerprint density at radius 1 is 1.23 bits per heavy atom. The number of ether oxygens (including phenoxy) is 1. The molecule has 0 fully saturated rings. The molecule has 2 unspecified atom stereocenters. The van der Waals surface area contributed by atoms with E-state index in [9.17, 15) is 5.11 Å². The summed E-state index contributed by atoms with van der Waals surface area (Å²) in [5, 5.41) is 9.25. The fourth-order valence-electron chi connectivity index (χ4n) is 0.987. The maximum Gasteiger partial charge on any atom is 0.122 e. The Labute approximate surface area is 79.2 Å². The molecule has 1 aromatic carbocycles. The molecule has 0 bridgehead atoms. The molecule has 0 aromatic heterocycles. The molecule has 0 spiro atoms. The molecule has 0 amide bonds. The highest BCUT2D eigenvalue weighted by molar-refractivity contribution is 5.31. The van der Waals surface area contributed by atoms with E-state index in [4.69, 9.17) is 4.74 Å². The summed E-state index contributed by atoms with van der Waals surface area (Å²) in [6.07, 6.45) is -0.610. The van der Waals surface area contributed by atoms with Crippen molar-refractivity contribution in [3.63, 3.8) is 0 Å². The molecule has 0 saturated carbocycles. The number of hydrogen-bond acceptors (Lipinski definition) is 2. The van der Waals surface area contributed by atoms with Crippen molar-refractivity contribution >= 4 is 0 Å². The van der Waals surface area contributed by atoms with Crippen molar-refractivity contribution in [1.82, 2.24) is 0 Å². The molecule has 0 radical (unpaired) electrons. The summed E-state index contributed by atoms with van der Waals surface area (Å²) < 4.78 is 5.56. The Kier molecular flexibility index (Phi) is 3.32. The number of rotatable bonds is 3. The second-order valence-electron chi connectivity index (χ2n) is 3.33. The fraction of sp³-hybridized carbons (Fsp3) is 0.455. The van der Waals surface area contributed by atoms with Gasteiger partial charge in [0.1, 0.15) is 11.9 Å². The second-order valence-corrected chi connectivity index (χ2v) is 3.33. The van der Waals surface area contributed by atoms with Crippen LogP contribution in [0.4, 0.5) is 0 Å². The van der Waals surface area contributed by atoms with Gasteiger partial charge >= 0.3 is 0 Å². The number of hydrogen-bond donors (Lipinski definition) is 1. The molecule has 1 aromatic rings. The van der Waals surface area contributed by atoms with E-state index in [0.29, 0.717) is 0 Å². The monoisotopic (exact) mass is 180 g/mol. The van der Waals surface area contributed by atoms with E-state index < -0.39 is 6.10 Å². The van der Waals surface area contributed by atoms with Gasteiger partial charge in [0.05, 0.1) is 6.10 Å². The lowest BCUT2D eigenvalue weighted by atomic mass is 10.2. The van der Waals surface area contributed by atoms with Crippen molar-refractivity contribution in [2.75, 3.05) is 0 Å². The minimum Gasteiger partial charge on any atom is -0.488 e. The topological polar surface area (TPSA) is 29.5 Å². The highest BCUT2D eigenvalue weighted by Gasteiger charge is 2.10.